The zero-order chi connectivity index (χ0) is 29.8. The van der Waals surface area contributed by atoms with Gasteiger partial charge in [-0.2, -0.15) is 5.26 Å². The Morgan fingerprint density at radius 3 is 2.40 bits per heavy atom. The standard InChI is InChI=1S/C34H28N4O4S/c35-21-25-9-4-5-10-26(25)23-42-30-15-14-24-8-6-7-13-28(24)29(30)20-31-33(40)38(34(41)43-31)22-32(39)37-18-16-36(17-19-37)27-11-2-1-3-12-27/h1-15,20H,16-19,22-23H2. The highest BCUT2D eigenvalue weighted by Crippen LogP contribution is 2.37. The summed E-state index contributed by atoms with van der Waals surface area (Å²) < 4.78 is 6.18. The molecule has 0 spiro atoms. The molecular weight excluding hydrogens is 560 g/mol. The van der Waals surface area contributed by atoms with E-state index in [9.17, 15) is 19.6 Å². The van der Waals surface area contributed by atoms with Crippen LogP contribution in [0.25, 0.3) is 16.8 Å². The normalized spacial score (nSPS) is 16.2. The number of ether oxygens (including phenoxy) is 1. The number of anilines is 1. The lowest BCUT2D eigenvalue weighted by molar-refractivity contribution is -0.136. The molecule has 43 heavy (non-hydrogen) atoms. The average Bonchev–Trinajstić information content (AvgIpc) is 3.32. The number of hydrogen-bond acceptors (Lipinski definition) is 7. The summed E-state index contributed by atoms with van der Waals surface area (Å²) in [6, 6.07) is 30.9. The van der Waals surface area contributed by atoms with Crippen molar-refractivity contribution in [3.8, 4) is 11.8 Å². The molecule has 0 saturated carbocycles. The number of nitrogens with zero attached hydrogens (tertiary/aromatic N) is 4. The second kappa shape index (κ2) is 12.4. The molecule has 2 aliphatic heterocycles. The molecule has 4 aromatic carbocycles. The van der Waals surface area contributed by atoms with E-state index in [2.05, 4.69) is 11.0 Å². The molecule has 6 rings (SSSR count). The Morgan fingerprint density at radius 1 is 0.884 bits per heavy atom. The van der Waals surface area contributed by atoms with Gasteiger partial charge >= 0.3 is 0 Å². The first-order chi connectivity index (χ1) is 21.0. The largest absolute Gasteiger partial charge is 0.488 e. The lowest BCUT2D eigenvalue weighted by atomic mass is 10.0. The van der Waals surface area contributed by atoms with E-state index < -0.39 is 11.1 Å². The topological polar surface area (TPSA) is 93.9 Å². The first-order valence-corrected chi connectivity index (χ1v) is 14.8. The molecule has 0 atom stereocenters. The van der Waals surface area contributed by atoms with Crippen LogP contribution in [0.3, 0.4) is 0 Å². The van der Waals surface area contributed by atoms with Gasteiger partial charge in [-0.15, -0.1) is 0 Å². The van der Waals surface area contributed by atoms with E-state index in [0.717, 1.165) is 38.7 Å². The Hall–Kier alpha value is -5.07. The van der Waals surface area contributed by atoms with Gasteiger partial charge in [-0.3, -0.25) is 19.3 Å². The number of fused-ring (bicyclic) bond motifs is 1. The summed E-state index contributed by atoms with van der Waals surface area (Å²) in [4.78, 5) is 44.7. The predicted molar refractivity (Wildman–Crippen MR) is 167 cm³/mol. The third-order valence-electron chi connectivity index (χ3n) is 7.65. The molecule has 2 heterocycles. The van der Waals surface area contributed by atoms with E-state index >= 15 is 0 Å². The molecule has 0 N–H and O–H groups in total. The number of amides is 3. The van der Waals surface area contributed by atoms with E-state index in [4.69, 9.17) is 4.74 Å². The Kier molecular flexibility index (Phi) is 8.11. The lowest BCUT2D eigenvalue weighted by Gasteiger charge is -2.36. The van der Waals surface area contributed by atoms with Gasteiger partial charge in [0.05, 0.1) is 16.5 Å². The van der Waals surface area contributed by atoms with Crippen LogP contribution in [0.2, 0.25) is 0 Å². The minimum absolute atomic E-state index is 0.163. The van der Waals surface area contributed by atoms with Gasteiger partial charge in [-0.1, -0.05) is 66.7 Å². The lowest BCUT2D eigenvalue weighted by Crippen LogP contribution is -2.51. The van der Waals surface area contributed by atoms with Crippen LogP contribution in [-0.4, -0.2) is 59.6 Å². The number of carbonyl (C=O) groups excluding carboxylic acids is 3. The highest BCUT2D eigenvalue weighted by Gasteiger charge is 2.38. The highest BCUT2D eigenvalue weighted by molar-refractivity contribution is 8.18. The van der Waals surface area contributed by atoms with Crippen LogP contribution in [0.15, 0.2) is 95.9 Å². The van der Waals surface area contributed by atoms with Crippen molar-refractivity contribution in [1.29, 1.82) is 5.26 Å². The predicted octanol–water partition coefficient (Wildman–Crippen LogP) is 5.68. The van der Waals surface area contributed by atoms with Crippen molar-refractivity contribution in [2.24, 2.45) is 0 Å². The maximum absolute atomic E-state index is 13.4. The fraction of sp³-hybridized carbons (Fsp3) is 0.176. The molecule has 0 unspecified atom stereocenters. The highest BCUT2D eigenvalue weighted by atomic mass is 32.2. The third kappa shape index (κ3) is 5.96. The van der Waals surface area contributed by atoms with E-state index in [1.807, 2.05) is 78.9 Å². The van der Waals surface area contributed by atoms with Crippen molar-refractivity contribution in [3.05, 3.63) is 113 Å². The summed E-state index contributed by atoms with van der Waals surface area (Å²) >= 11 is 0.822. The Balaban J connectivity index is 1.19. The number of piperazine rings is 1. The second-order valence-corrected chi connectivity index (χ2v) is 11.2. The summed E-state index contributed by atoms with van der Waals surface area (Å²) in [5, 5.41) is 10.8. The molecule has 0 radical (unpaired) electrons. The molecule has 214 valence electrons. The second-order valence-electron chi connectivity index (χ2n) is 10.2. The molecule has 0 aromatic heterocycles. The van der Waals surface area contributed by atoms with Crippen LogP contribution >= 0.6 is 11.8 Å². The molecule has 9 heteroatoms. The Morgan fingerprint density at radius 2 is 1.60 bits per heavy atom. The van der Waals surface area contributed by atoms with Crippen LogP contribution in [0, 0.1) is 11.3 Å². The molecule has 2 aliphatic rings. The van der Waals surface area contributed by atoms with Crippen molar-refractivity contribution in [2.75, 3.05) is 37.6 Å². The van der Waals surface area contributed by atoms with E-state index in [0.29, 0.717) is 43.1 Å². The zero-order valence-corrected chi connectivity index (χ0v) is 24.1. The number of benzene rings is 4. The van der Waals surface area contributed by atoms with Crippen molar-refractivity contribution in [1.82, 2.24) is 9.80 Å². The van der Waals surface area contributed by atoms with Gasteiger partial charge in [0.15, 0.2) is 0 Å². The van der Waals surface area contributed by atoms with Gasteiger partial charge < -0.3 is 14.5 Å². The van der Waals surface area contributed by atoms with E-state index in [1.54, 1.807) is 23.1 Å². The van der Waals surface area contributed by atoms with E-state index in [1.165, 1.54) is 0 Å². The van der Waals surface area contributed by atoms with Crippen LogP contribution < -0.4 is 9.64 Å². The van der Waals surface area contributed by atoms with E-state index in [-0.39, 0.29) is 24.0 Å². The third-order valence-corrected chi connectivity index (χ3v) is 8.56. The molecule has 2 fully saturated rings. The Bertz CT molecular complexity index is 1770. The van der Waals surface area contributed by atoms with Crippen molar-refractivity contribution in [3.63, 3.8) is 0 Å². The monoisotopic (exact) mass is 588 g/mol. The number of thioether (sulfide) groups is 1. The first-order valence-electron chi connectivity index (χ1n) is 14.0. The van der Waals surface area contributed by atoms with Crippen molar-refractivity contribution < 1.29 is 19.1 Å². The number of para-hydroxylation sites is 1. The molecule has 0 aliphatic carbocycles. The van der Waals surface area contributed by atoms with Crippen LogP contribution in [0.5, 0.6) is 5.75 Å². The average molecular weight is 589 g/mol. The molecule has 2 saturated heterocycles. The minimum atomic E-state index is -0.500. The van der Waals surface area contributed by atoms with Gasteiger partial charge in [-0.05, 0) is 52.9 Å². The number of carbonyl (C=O) groups is 3. The summed E-state index contributed by atoms with van der Waals surface area (Å²) in [5.74, 6) is -0.229. The van der Waals surface area contributed by atoms with Gasteiger partial charge in [0.1, 0.15) is 18.9 Å². The fourth-order valence-corrected chi connectivity index (χ4v) is 6.14. The fourth-order valence-electron chi connectivity index (χ4n) is 5.32. The smallest absolute Gasteiger partial charge is 0.294 e. The molecule has 4 aromatic rings. The molecule has 0 bridgehead atoms. The number of imide groups is 1. The quantitative estimate of drug-likeness (QED) is 0.257. The van der Waals surface area contributed by atoms with Crippen molar-refractivity contribution >= 4 is 51.4 Å². The van der Waals surface area contributed by atoms with Gasteiger partial charge in [-0.25, -0.2) is 0 Å². The summed E-state index contributed by atoms with van der Waals surface area (Å²) in [6.07, 6.45) is 1.67. The minimum Gasteiger partial charge on any atom is -0.488 e. The zero-order valence-electron chi connectivity index (χ0n) is 23.3. The molecular formula is C34H28N4O4S. The number of nitriles is 1. The van der Waals surface area contributed by atoms with Crippen molar-refractivity contribution in [2.45, 2.75) is 6.61 Å². The van der Waals surface area contributed by atoms with Crippen LogP contribution in [0.1, 0.15) is 16.7 Å². The maximum atomic E-state index is 13.4. The van der Waals surface area contributed by atoms with Gasteiger partial charge in [0.2, 0.25) is 5.91 Å². The number of rotatable bonds is 7. The summed E-state index contributed by atoms with van der Waals surface area (Å²) in [5.41, 5.74) is 3.03. The molecule has 8 nitrogen and oxygen atoms in total. The van der Waals surface area contributed by atoms with Gasteiger partial charge in [0, 0.05) is 43.0 Å². The van der Waals surface area contributed by atoms with Crippen LogP contribution in [-0.2, 0) is 16.2 Å². The number of hydrogen-bond donors (Lipinski definition) is 0. The van der Waals surface area contributed by atoms with Gasteiger partial charge in [0.25, 0.3) is 11.1 Å². The summed E-state index contributed by atoms with van der Waals surface area (Å²) in [7, 11) is 0. The summed E-state index contributed by atoms with van der Waals surface area (Å²) in [6.45, 7) is 2.27. The molecule has 3 amide bonds. The van der Waals surface area contributed by atoms with Crippen LogP contribution in [0.4, 0.5) is 10.5 Å². The Labute approximate surface area is 253 Å². The SMILES string of the molecule is N#Cc1ccccc1COc1ccc2ccccc2c1C=C1SC(=O)N(CC(=O)N2CCN(c3ccccc3)CC2)C1=O. The first kappa shape index (κ1) is 28.1. The maximum Gasteiger partial charge on any atom is 0.294 e.